The van der Waals surface area contributed by atoms with Gasteiger partial charge in [0, 0.05) is 6.04 Å². The predicted molar refractivity (Wildman–Crippen MR) is 67.7 cm³/mol. The van der Waals surface area contributed by atoms with Crippen LogP contribution in [0.2, 0.25) is 0 Å². The average molecular weight is 243 g/mol. The first kappa shape index (κ1) is 13.3. The van der Waals surface area contributed by atoms with Crippen LogP contribution in [-0.2, 0) is 0 Å². The summed E-state index contributed by atoms with van der Waals surface area (Å²) in [6, 6.07) is 0.479. The lowest BCUT2D eigenvalue weighted by atomic mass is 9.71. The van der Waals surface area contributed by atoms with Crippen LogP contribution in [0.5, 0.6) is 0 Å². The Morgan fingerprint density at radius 3 is 2.47 bits per heavy atom. The van der Waals surface area contributed by atoms with E-state index in [1.165, 1.54) is 0 Å². The molecule has 3 heteroatoms. The molecule has 0 spiro atoms. The molecule has 1 saturated carbocycles. The van der Waals surface area contributed by atoms with Crippen LogP contribution >= 0.6 is 0 Å². The van der Waals surface area contributed by atoms with Crippen molar-refractivity contribution in [2.45, 2.75) is 58.1 Å². The highest BCUT2D eigenvalue weighted by Gasteiger charge is 2.40. The zero-order valence-electron chi connectivity index (χ0n) is 11.2. The minimum atomic E-state index is -0.162. The maximum absolute atomic E-state index is 12.6. The van der Waals surface area contributed by atoms with Gasteiger partial charge in [-0.1, -0.05) is 13.8 Å². The fourth-order valence-corrected chi connectivity index (χ4v) is 3.46. The van der Waals surface area contributed by atoms with E-state index in [0.717, 1.165) is 45.2 Å². The Morgan fingerprint density at radius 1 is 1.24 bits per heavy atom. The highest BCUT2D eigenvalue weighted by Crippen LogP contribution is 2.40. The van der Waals surface area contributed by atoms with E-state index in [1.807, 2.05) is 0 Å². The van der Waals surface area contributed by atoms with Crippen LogP contribution in [-0.4, -0.2) is 41.9 Å². The maximum atomic E-state index is 12.6. The normalized spacial score (nSPS) is 36.0. The van der Waals surface area contributed by atoms with Gasteiger partial charge in [-0.25, -0.2) is 0 Å². The van der Waals surface area contributed by atoms with E-state index in [-0.39, 0.29) is 18.7 Å². The van der Waals surface area contributed by atoms with E-state index in [0.29, 0.717) is 11.5 Å². The van der Waals surface area contributed by atoms with E-state index in [2.05, 4.69) is 18.7 Å². The Kier molecular flexibility index (Phi) is 4.09. The van der Waals surface area contributed by atoms with E-state index in [4.69, 9.17) is 0 Å². The molecule has 0 bridgehead atoms. The van der Waals surface area contributed by atoms with Crippen LogP contribution in [0, 0.1) is 11.3 Å². The van der Waals surface area contributed by atoms with Gasteiger partial charge in [0.25, 0.3) is 0 Å². The minimum Gasteiger partial charge on any atom is -0.393 e. The molecule has 0 aromatic rings. The third-order valence-electron chi connectivity index (χ3n) is 4.83. The number of aliphatic hydroxyl groups is 1. The summed E-state index contributed by atoms with van der Waals surface area (Å²) < 4.78 is 12.6. The molecule has 2 nitrogen and oxygen atoms in total. The summed E-state index contributed by atoms with van der Waals surface area (Å²) in [4.78, 5) is 2.49. The Balaban J connectivity index is 1.96. The van der Waals surface area contributed by atoms with Crippen molar-refractivity contribution in [1.82, 2.24) is 4.90 Å². The third kappa shape index (κ3) is 3.00. The van der Waals surface area contributed by atoms with Gasteiger partial charge in [0.15, 0.2) is 0 Å². The number of hydrogen-bond donors (Lipinski definition) is 1. The molecule has 100 valence electrons. The number of alkyl halides is 1. The van der Waals surface area contributed by atoms with Crippen LogP contribution < -0.4 is 0 Å². The molecular formula is C14H26FNO. The fourth-order valence-electron chi connectivity index (χ4n) is 3.46. The molecule has 1 N–H and O–H groups in total. The molecule has 0 amide bonds. The Hall–Kier alpha value is -0.150. The molecular weight excluding hydrogens is 217 g/mol. The SMILES string of the molecule is CC1(C)CCC(O)CC1N1CCC(CF)CC1. The highest BCUT2D eigenvalue weighted by atomic mass is 19.1. The maximum Gasteiger partial charge on any atom is 0.0923 e. The summed E-state index contributed by atoms with van der Waals surface area (Å²) in [6.45, 7) is 6.48. The lowest BCUT2D eigenvalue weighted by molar-refractivity contribution is -0.0251. The van der Waals surface area contributed by atoms with E-state index in [9.17, 15) is 9.50 Å². The number of hydrogen-bond acceptors (Lipinski definition) is 2. The predicted octanol–water partition coefficient (Wildman–Crippen LogP) is 2.61. The summed E-state index contributed by atoms with van der Waals surface area (Å²) in [7, 11) is 0. The summed E-state index contributed by atoms with van der Waals surface area (Å²) in [5.74, 6) is 0.280. The van der Waals surface area contributed by atoms with Crippen molar-refractivity contribution in [2.24, 2.45) is 11.3 Å². The lowest BCUT2D eigenvalue weighted by Gasteiger charge is -2.48. The van der Waals surface area contributed by atoms with Gasteiger partial charge in [-0.05, 0) is 56.5 Å². The Labute approximate surface area is 104 Å². The molecule has 2 aliphatic rings. The molecule has 0 radical (unpaired) electrons. The molecule has 2 fully saturated rings. The van der Waals surface area contributed by atoms with Crippen molar-refractivity contribution >= 4 is 0 Å². The summed E-state index contributed by atoms with van der Waals surface area (Å²) >= 11 is 0. The number of aliphatic hydroxyl groups excluding tert-OH is 1. The van der Waals surface area contributed by atoms with Crippen LogP contribution in [0.15, 0.2) is 0 Å². The second-order valence-corrected chi connectivity index (χ2v) is 6.57. The van der Waals surface area contributed by atoms with Gasteiger partial charge in [-0.3, -0.25) is 9.29 Å². The second-order valence-electron chi connectivity index (χ2n) is 6.57. The molecule has 0 aromatic heterocycles. The molecule has 1 saturated heterocycles. The first-order valence-corrected chi connectivity index (χ1v) is 7.01. The second kappa shape index (κ2) is 5.23. The largest absolute Gasteiger partial charge is 0.393 e. The molecule has 2 atom stereocenters. The third-order valence-corrected chi connectivity index (χ3v) is 4.83. The van der Waals surface area contributed by atoms with Crippen molar-refractivity contribution in [2.75, 3.05) is 19.8 Å². The number of halogens is 1. The molecule has 0 aromatic carbocycles. The quantitative estimate of drug-likeness (QED) is 0.806. The van der Waals surface area contributed by atoms with E-state index < -0.39 is 0 Å². The summed E-state index contributed by atoms with van der Waals surface area (Å²) in [5.41, 5.74) is 0.293. The van der Waals surface area contributed by atoms with E-state index >= 15 is 0 Å². The topological polar surface area (TPSA) is 23.5 Å². The van der Waals surface area contributed by atoms with Crippen molar-refractivity contribution in [3.8, 4) is 0 Å². The molecule has 1 aliphatic heterocycles. The van der Waals surface area contributed by atoms with E-state index in [1.54, 1.807) is 0 Å². The zero-order valence-corrected chi connectivity index (χ0v) is 11.2. The Morgan fingerprint density at radius 2 is 1.88 bits per heavy atom. The highest BCUT2D eigenvalue weighted by molar-refractivity contribution is 4.94. The molecule has 1 heterocycles. The first-order valence-electron chi connectivity index (χ1n) is 7.01. The number of likely N-dealkylation sites (tertiary alicyclic amines) is 1. The van der Waals surface area contributed by atoms with Gasteiger partial charge in [-0.2, -0.15) is 0 Å². The van der Waals surface area contributed by atoms with Crippen molar-refractivity contribution in [3.05, 3.63) is 0 Å². The van der Waals surface area contributed by atoms with Crippen LogP contribution in [0.3, 0.4) is 0 Å². The van der Waals surface area contributed by atoms with Crippen molar-refractivity contribution in [3.63, 3.8) is 0 Å². The fraction of sp³-hybridized carbons (Fsp3) is 1.00. The standard InChI is InChI=1S/C14H26FNO/c1-14(2)6-3-12(17)9-13(14)16-7-4-11(10-15)5-8-16/h11-13,17H,3-10H2,1-2H3. The lowest BCUT2D eigenvalue weighted by Crippen LogP contribution is -2.52. The summed E-state index contributed by atoms with van der Waals surface area (Å²) in [5, 5.41) is 9.85. The van der Waals surface area contributed by atoms with Crippen LogP contribution in [0.25, 0.3) is 0 Å². The molecule has 2 rings (SSSR count). The van der Waals surface area contributed by atoms with Gasteiger partial charge in [0.2, 0.25) is 0 Å². The molecule has 17 heavy (non-hydrogen) atoms. The van der Waals surface area contributed by atoms with Crippen LogP contribution in [0.1, 0.15) is 46.0 Å². The minimum absolute atomic E-state index is 0.132. The number of piperidine rings is 1. The number of rotatable bonds is 2. The Bertz CT molecular complexity index is 249. The van der Waals surface area contributed by atoms with Gasteiger partial charge in [-0.15, -0.1) is 0 Å². The smallest absolute Gasteiger partial charge is 0.0923 e. The van der Waals surface area contributed by atoms with Gasteiger partial charge in [0.05, 0.1) is 12.8 Å². The molecule has 1 aliphatic carbocycles. The van der Waals surface area contributed by atoms with Gasteiger partial charge in [0.1, 0.15) is 0 Å². The van der Waals surface area contributed by atoms with Crippen molar-refractivity contribution in [1.29, 1.82) is 0 Å². The molecule has 2 unspecified atom stereocenters. The average Bonchev–Trinajstić information content (AvgIpc) is 2.33. The first-order chi connectivity index (χ1) is 8.03. The van der Waals surface area contributed by atoms with Crippen LogP contribution in [0.4, 0.5) is 4.39 Å². The summed E-state index contributed by atoms with van der Waals surface area (Å²) in [6.07, 6.45) is 4.77. The monoisotopic (exact) mass is 243 g/mol. The van der Waals surface area contributed by atoms with Gasteiger partial charge < -0.3 is 5.11 Å². The van der Waals surface area contributed by atoms with Crippen molar-refractivity contribution < 1.29 is 9.50 Å². The zero-order chi connectivity index (χ0) is 12.5. The number of nitrogens with zero attached hydrogens (tertiary/aromatic N) is 1. The van der Waals surface area contributed by atoms with Gasteiger partial charge >= 0.3 is 0 Å².